The van der Waals surface area contributed by atoms with Crippen molar-refractivity contribution in [3.05, 3.63) is 29.4 Å². The first-order valence-corrected chi connectivity index (χ1v) is 5.69. The highest BCUT2D eigenvalue weighted by Gasteiger charge is 1.96. The van der Waals surface area contributed by atoms with Crippen LogP contribution in [-0.4, -0.2) is 17.4 Å². The van der Waals surface area contributed by atoms with Gasteiger partial charge in [-0.15, -0.1) is 0 Å². The molecule has 0 bridgehead atoms. The number of halogens is 1. The van der Waals surface area contributed by atoms with Crippen LogP contribution >= 0.6 is 11.6 Å². The molecule has 92 valence electrons. The van der Waals surface area contributed by atoms with Crippen molar-refractivity contribution in [1.82, 2.24) is 5.16 Å². The van der Waals surface area contributed by atoms with Crippen LogP contribution in [0.1, 0.15) is 27.7 Å². The van der Waals surface area contributed by atoms with Gasteiger partial charge in [-0.1, -0.05) is 44.5 Å². The number of aromatic nitrogens is 1. The summed E-state index contributed by atoms with van der Waals surface area (Å²) in [5, 5.41) is 12.3. The Balaban J connectivity index is 0. The number of aliphatic hydroxyl groups is 1. The fourth-order valence-electron chi connectivity index (χ4n) is 0.843. The van der Waals surface area contributed by atoms with Crippen molar-refractivity contribution in [3.8, 4) is 0 Å². The number of fused-ring (bicyclic) bond motifs is 1. The Morgan fingerprint density at radius 3 is 2.25 bits per heavy atom. The largest absolute Gasteiger partial charge is 0.400 e. The van der Waals surface area contributed by atoms with Crippen LogP contribution in [0.5, 0.6) is 0 Å². The molecule has 1 heterocycles. The van der Waals surface area contributed by atoms with Crippen molar-refractivity contribution in [2.75, 3.05) is 7.11 Å². The zero-order chi connectivity index (χ0) is 13.0. The highest BCUT2D eigenvalue weighted by atomic mass is 35.5. The first kappa shape index (κ1) is 17.3. The number of aliphatic hydroxyl groups excluding tert-OH is 1. The normalized spacial score (nSPS) is 7.69. The first-order chi connectivity index (χ1) is 7.86. The van der Waals surface area contributed by atoms with E-state index in [0.29, 0.717) is 5.02 Å². The lowest BCUT2D eigenvalue weighted by molar-refractivity contribution is 0.399. The molecule has 0 spiro atoms. The molecule has 0 amide bonds. The Bertz CT molecular complexity index is 361. The molecule has 0 saturated carbocycles. The van der Waals surface area contributed by atoms with Gasteiger partial charge < -0.3 is 9.63 Å². The minimum atomic E-state index is 0.704. The SMILES string of the molecule is CC.CC.CO.Clc1ccc2oncc2c1. The molecule has 0 aliphatic rings. The van der Waals surface area contributed by atoms with Gasteiger partial charge in [-0.05, 0) is 18.2 Å². The maximum atomic E-state index is 7.00. The van der Waals surface area contributed by atoms with Crippen LogP contribution in [0.15, 0.2) is 28.9 Å². The fraction of sp³-hybridized carbons (Fsp3) is 0.417. The molecular weight excluding hydrogens is 226 g/mol. The van der Waals surface area contributed by atoms with Gasteiger partial charge in [0.15, 0.2) is 5.58 Å². The number of rotatable bonds is 0. The van der Waals surface area contributed by atoms with E-state index in [2.05, 4.69) is 5.16 Å². The molecule has 0 radical (unpaired) electrons. The molecule has 16 heavy (non-hydrogen) atoms. The minimum absolute atomic E-state index is 0.704. The summed E-state index contributed by atoms with van der Waals surface area (Å²) in [7, 11) is 1.00. The minimum Gasteiger partial charge on any atom is -0.400 e. The van der Waals surface area contributed by atoms with E-state index in [1.165, 1.54) is 0 Å². The van der Waals surface area contributed by atoms with Gasteiger partial charge in [-0.3, -0.25) is 0 Å². The molecule has 0 unspecified atom stereocenters. The summed E-state index contributed by atoms with van der Waals surface area (Å²) in [6.45, 7) is 8.00. The van der Waals surface area contributed by atoms with Crippen molar-refractivity contribution in [2.45, 2.75) is 27.7 Å². The maximum absolute atomic E-state index is 7.00. The van der Waals surface area contributed by atoms with Gasteiger partial charge in [-0.25, -0.2) is 0 Å². The summed E-state index contributed by atoms with van der Waals surface area (Å²) >= 11 is 5.71. The summed E-state index contributed by atoms with van der Waals surface area (Å²) in [5.74, 6) is 0. The molecule has 0 fully saturated rings. The molecule has 2 rings (SSSR count). The average Bonchev–Trinajstić information content (AvgIpc) is 2.84. The summed E-state index contributed by atoms with van der Waals surface area (Å²) in [4.78, 5) is 0. The molecule has 3 nitrogen and oxygen atoms in total. The van der Waals surface area contributed by atoms with Crippen molar-refractivity contribution in [3.63, 3.8) is 0 Å². The van der Waals surface area contributed by atoms with Crippen LogP contribution in [0.2, 0.25) is 5.02 Å². The second-order valence-electron chi connectivity index (χ2n) is 2.01. The zero-order valence-corrected chi connectivity index (χ0v) is 11.2. The monoisotopic (exact) mass is 245 g/mol. The number of hydrogen-bond acceptors (Lipinski definition) is 3. The van der Waals surface area contributed by atoms with E-state index >= 15 is 0 Å². The maximum Gasteiger partial charge on any atom is 0.166 e. The van der Waals surface area contributed by atoms with Gasteiger partial charge in [0.1, 0.15) is 0 Å². The fourth-order valence-corrected chi connectivity index (χ4v) is 1.02. The van der Waals surface area contributed by atoms with Crippen LogP contribution in [0, 0.1) is 0 Å². The van der Waals surface area contributed by atoms with Crippen LogP contribution in [0.25, 0.3) is 11.0 Å². The molecule has 0 aliphatic carbocycles. The predicted molar refractivity (Wildman–Crippen MR) is 69.9 cm³/mol. The van der Waals surface area contributed by atoms with Crippen molar-refractivity contribution >= 4 is 22.6 Å². The molecule has 0 aliphatic heterocycles. The number of nitrogens with zero attached hydrogens (tertiary/aromatic N) is 1. The third-order valence-corrected chi connectivity index (χ3v) is 1.55. The van der Waals surface area contributed by atoms with E-state index in [1.807, 2.05) is 33.8 Å². The van der Waals surface area contributed by atoms with E-state index < -0.39 is 0 Å². The van der Waals surface area contributed by atoms with E-state index in [1.54, 1.807) is 18.3 Å². The van der Waals surface area contributed by atoms with E-state index in [-0.39, 0.29) is 0 Å². The Labute approximate surface area is 102 Å². The topological polar surface area (TPSA) is 46.3 Å². The predicted octanol–water partition coefficient (Wildman–Crippen LogP) is 4.14. The third-order valence-electron chi connectivity index (χ3n) is 1.31. The van der Waals surface area contributed by atoms with Crippen LogP contribution < -0.4 is 0 Å². The molecule has 0 atom stereocenters. The quantitative estimate of drug-likeness (QED) is 0.759. The van der Waals surface area contributed by atoms with Crippen LogP contribution in [-0.2, 0) is 0 Å². The highest BCUT2D eigenvalue weighted by molar-refractivity contribution is 6.31. The van der Waals surface area contributed by atoms with Crippen molar-refractivity contribution < 1.29 is 9.63 Å². The van der Waals surface area contributed by atoms with Gasteiger partial charge >= 0.3 is 0 Å². The first-order valence-electron chi connectivity index (χ1n) is 5.31. The van der Waals surface area contributed by atoms with Gasteiger partial charge in [0.05, 0.1) is 6.20 Å². The molecule has 0 saturated heterocycles. The smallest absolute Gasteiger partial charge is 0.166 e. The highest BCUT2D eigenvalue weighted by Crippen LogP contribution is 2.17. The lowest BCUT2D eigenvalue weighted by Gasteiger charge is -1.85. The molecule has 4 heteroatoms. The second-order valence-corrected chi connectivity index (χ2v) is 2.44. The van der Waals surface area contributed by atoms with Gasteiger partial charge in [0, 0.05) is 17.5 Å². The summed E-state index contributed by atoms with van der Waals surface area (Å²) in [6.07, 6.45) is 1.64. The standard InChI is InChI=1S/C7H4ClNO.2C2H6.CH4O/c8-6-1-2-7-5(3-6)4-9-10-7;3*1-2/h1-4H;2*1-2H3;2H,1H3. The van der Waals surface area contributed by atoms with E-state index in [4.69, 9.17) is 21.2 Å². The van der Waals surface area contributed by atoms with Gasteiger partial charge in [0.2, 0.25) is 0 Å². The molecular formula is C12H20ClNO2. The van der Waals surface area contributed by atoms with E-state index in [9.17, 15) is 0 Å². The van der Waals surface area contributed by atoms with Crippen molar-refractivity contribution in [1.29, 1.82) is 0 Å². The summed E-state index contributed by atoms with van der Waals surface area (Å²) in [6, 6.07) is 5.38. The summed E-state index contributed by atoms with van der Waals surface area (Å²) in [5.41, 5.74) is 0.768. The third kappa shape index (κ3) is 5.73. The number of hydrogen-bond donors (Lipinski definition) is 1. The van der Waals surface area contributed by atoms with Gasteiger partial charge in [-0.2, -0.15) is 0 Å². The summed E-state index contributed by atoms with van der Waals surface area (Å²) < 4.78 is 4.86. The molecule has 2 aromatic rings. The molecule has 1 aromatic carbocycles. The lowest BCUT2D eigenvalue weighted by Crippen LogP contribution is -1.62. The average molecular weight is 246 g/mol. The van der Waals surface area contributed by atoms with Crippen LogP contribution in [0.4, 0.5) is 0 Å². The molecule has 1 N–H and O–H groups in total. The van der Waals surface area contributed by atoms with E-state index in [0.717, 1.165) is 18.1 Å². The Hall–Kier alpha value is -1.06. The zero-order valence-electron chi connectivity index (χ0n) is 10.5. The molecule has 1 aromatic heterocycles. The van der Waals surface area contributed by atoms with Crippen molar-refractivity contribution in [2.24, 2.45) is 0 Å². The number of benzene rings is 1. The second kappa shape index (κ2) is 12.0. The lowest BCUT2D eigenvalue weighted by atomic mass is 10.3. The Kier molecular flexibility index (Phi) is 13.0. The van der Waals surface area contributed by atoms with Crippen LogP contribution in [0.3, 0.4) is 0 Å². The Morgan fingerprint density at radius 1 is 1.12 bits per heavy atom. The van der Waals surface area contributed by atoms with Gasteiger partial charge in [0.25, 0.3) is 0 Å². The Morgan fingerprint density at radius 2 is 1.69 bits per heavy atom.